The van der Waals surface area contributed by atoms with Crippen LogP contribution in [0.2, 0.25) is 0 Å². The number of ether oxygens (including phenoxy) is 1. The second-order valence-electron chi connectivity index (χ2n) is 2.14. The van der Waals surface area contributed by atoms with E-state index in [2.05, 4.69) is 10.6 Å². The Morgan fingerprint density at radius 1 is 1.45 bits per heavy atom. The molecule has 0 atom stereocenters. The first-order valence-corrected chi connectivity index (χ1v) is 3.21. The third-order valence-corrected chi connectivity index (χ3v) is 1.41. The Balaban J connectivity index is 2.25. The van der Waals surface area contributed by atoms with Crippen molar-refractivity contribution in [3.8, 4) is 0 Å². The van der Waals surface area contributed by atoms with Crippen LogP contribution in [-0.2, 0) is 4.74 Å². The van der Waals surface area contributed by atoms with E-state index in [1.54, 1.807) is 5.43 Å². The van der Waals surface area contributed by atoms with Crippen LogP contribution < -0.4 is 11.3 Å². The Morgan fingerprint density at radius 2 is 2.09 bits per heavy atom. The van der Waals surface area contributed by atoms with Crippen LogP contribution >= 0.6 is 0 Å². The maximum absolute atomic E-state index is 10.8. The number of nitrogens with zero attached hydrogens (tertiary/aromatic N) is 1. The van der Waals surface area contributed by atoms with Gasteiger partial charge in [0.25, 0.3) is 0 Å². The van der Waals surface area contributed by atoms with Crippen LogP contribution in [0.25, 0.3) is 0 Å². The molecule has 6 heteroatoms. The standard InChI is InChI=1S/C5H9N3O3/c6-7-4(9)11-5(10)8-2-1-3-8/h1-3,6H2,(H,7,9). The van der Waals surface area contributed by atoms with E-state index in [0.717, 1.165) is 6.42 Å². The molecule has 0 aromatic heterocycles. The fourth-order valence-electron chi connectivity index (χ4n) is 0.672. The predicted molar refractivity (Wildman–Crippen MR) is 35.4 cm³/mol. The van der Waals surface area contributed by atoms with Gasteiger partial charge >= 0.3 is 12.2 Å². The van der Waals surface area contributed by atoms with E-state index < -0.39 is 12.2 Å². The van der Waals surface area contributed by atoms with Crippen molar-refractivity contribution >= 4 is 12.2 Å². The zero-order chi connectivity index (χ0) is 8.27. The van der Waals surface area contributed by atoms with Gasteiger partial charge in [0.05, 0.1) is 0 Å². The summed E-state index contributed by atoms with van der Waals surface area (Å²) in [5.41, 5.74) is 1.69. The van der Waals surface area contributed by atoms with Gasteiger partial charge in [-0.1, -0.05) is 0 Å². The van der Waals surface area contributed by atoms with Crippen molar-refractivity contribution in [2.24, 2.45) is 5.84 Å². The molecule has 6 nitrogen and oxygen atoms in total. The highest BCUT2D eigenvalue weighted by Gasteiger charge is 2.23. The summed E-state index contributed by atoms with van der Waals surface area (Å²) in [6.45, 7) is 1.30. The van der Waals surface area contributed by atoms with E-state index in [-0.39, 0.29) is 0 Å². The van der Waals surface area contributed by atoms with Gasteiger partial charge in [-0.2, -0.15) is 0 Å². The third kappa shape index (κ3) is 1.81. The molecule has 0 bridgehead atoms. The number of likely N-dealkylation sites (tertiary alicyclic amines) is 1. The molecule has 11 heavy (non-hydrogen) atoms. The van der Waals surface area contributed by atoms with E-state index in [1.165, 1.54) is 4.90 Å². The summed E-state index contributed by atoms with van der Waals surface area (Å²) in [4.78, 5) is 22.6. The minimum atomic E-state index is -0.929. The summed E-state index contributed by atoms with van der Waals surface area (Å²) < 4.78 is 4.22. The molecule has 3 N–H and O–H groups in total. The van der Waals surface area contributed by atoms with Crippen molar-refractivity contribution in [3.63, 3.8) is 0 Å². The number of hydrogen-bond acceptors (Lipinski definition) is 4. The first kappa shape index (κ1) is 7.80. The van der Waals surface area contributed by atoms with Crippen LogP contribution in [0.5, 0.6) is 0 Å². The summed E-state index contributed by atoms with van der Waals surface area (Å²) in [7, 11) is 0. The number of hydrogen-bond donors (Lipinski definition) is 2. The Bertz CT molecular complexity index is 178. The van der Waals surface area contributed by atoms with Gasteiger partial charge < -0.3 is 9.64 Å². The maximum atomic E-state index is 10.8. The Morgan fingerprint density at radius 3 is 2.45 bits per heavy atom. The van der Waals surface area contributed by atoms with E-state index in [1.807, 2.05) is 0 Å². The first-order chi connectivity index (χ1) is 5.24. The smallest absolute Gasteiger partial charge is 0.358 e. The maximum Gasteiger partial charge on any atom is 0.430 e. The zero-order valence-corrected chi connectivity index (χ0v) is 5.87. The SMILES string of the molecule is NNC(=O)OC(=O)N1CCC1. The molecule has 1 saturated heterocycles. The minimum Gasteiger partial charge on any atom is -0.358 e. The normalized spacial score (nSPS) is 15.2. The topological polar surface area (TPSA) is 84.7 Å². The summed E-state index contributed by atoms with van der Waals surface area (Å²) in [5, 5.41) is 0. The third-order valence-electron chi connectivity index (χ3n) is 1.41. The molecule has 1 aliphatic heterocycles. The Kier molecular flexibility index (Phi) is 2.27. The van der Waals surface area contributed by atoms with Gasteiger partial charge in [-0.15, -0.1) is 0 Å². The van der Waals surface area contributed by atoms with Gasteiger partial charge in [0, 0.05) is 13.1 Å². The quantitative estimate of drug-likeness (QED) is 0.214. The number of nitrogens with two attached hydrogens (primary N) is 1. The van der Waals surface area contributed by atoms with Gasteiger partial charge in [-0.25, -0.2) is 15.4 Å². The van der Waals surface area contributed by atoms with Crippen molar-refractivity contribution < 1.29 is 14.3 Å². The molecule has 0 radical (unpaired) electrons. The van der Waals surface area contributed by atoms with Crippen LogP contribution in [0.3, 0.4) is 0 Å². The number of carbonyl (C=O) groups is 2. The Labute approximate surface area is 63.2 Å². The number of rotatable bonds is 0. The van der Waals surface area contributed by atoms with Crippen molar-refractivity contribution in [3.05, 3.63) is 0 Å². The first-order valence-electron chi connectivity index (χ1n) is 3.21. The summed E-state index contributed by atoms with van der Waals surface area (Å²) >= 11 is 0. The van der Waals surface area contributed by atoms with Gasteiger partial charge in [-0.05, 0) is 6.42 Å². The van der Waals surface area contributed by atoms with E-state index >= 15 is 0 Å². The largest absolute Gasteiger partial charge is 0.430 e. The molecule has 1 heterocycles. The van der Waals surface area contributed by atoms with Gasteiger partial charge in [-0.3, -0.25) is 5.43 Å². The van der Waals surface area contributed by atoms with Gasteiger partial charge in [0.1, 0.15) is 0 Å². The monoisotopic (exact) mass is 159 g/mol. The predicted octanol–water partition coefficient (Wildman–Crippen LogP) is -0.588. The van der Waals surface area contributed by atoms with Crippen molar-refractivity contribution in [2.45, 2.75) is 6.42 Å². The summed E-state index contributed by atoms with van der Waals surface area (Å²) in [6, 6.07) is 0. The molecule has 2 amide bonds. The highest BCUT2D eigenvalue weighted by Crippen LogP contribution is 2.06. The van der Waals surface area contributed by atoms with Crippen molar-refractivity contribution in [2.75, 3.05) is 13.1 Å². The Hall–Kier alpha value is -1.30. The second kappa shape index (κ2) is 3.20. The lowest BCUT2D eigenvalue weighted by Crippen LogP contribution is -2.45. The second-order valence-corrected chi connectivity index (χ2v) is 2.14. The molecule has 0 saturated carbocycles. The highest BCUT2D eigenvalue weighted by molar-refractivity contribution is 5.83. The average Bonchev–Trinajstić information content (AvgIpc) is 1.83. The number of carbonyl (C=O) groups excluding carboxylic acids is 2. The van der Waals surface area contributed by atoms with E-state index in [9.17, 15) is 9.59 Å². The van der Waals surface area contributed by atoms with Crippen LogP contribution in [0, 0.1) is 0 Å². The lowest BCUT2D eigenvalue weighted by atomic mass is 10.2. The average molecular weight is 159 g/mol. The highest BCUT2D eigenvalue weighted by atomic mass is 16.6. The molecule has 1 fully saturated rings. The van der Waals surface area contributed by atoms with Crippen molar-refractivity contribution in [1.82, 2.24) is 10.3 Å². The van der Waals surface area contributed by atoms with E-state index in [0.29, 0.717) is 13.1 Å². The fraction of sp³-hybridized carbons (Fsp3) is 0.600. The zero-order valence-electron chi connectivity index (χ0n) is 5.87. The molecule has 62 valence electrons. The van der Waals surface area contributed by atoms with Crippen LogP contribution in [0.1, 0.15) is 6.42 Å². The summed E-state index contributed by atoms with van der Waals surface area (Å²) in [5.74, 6) is 4.68. The molecule has 1 rings (SSSR count). The minimum absolute atomic E-state index is 0.640. The lowest BCUT2D eigenvalue weighted by Gasteiger charge is -2.28. The lowest BCUT2D eigenvalue weighted by molar-refractivity contribution is 0.0977. The molecular weight excluding hydrogens is 150 g/mol. The molecule has 1 aliphatic rings. The fourth-order valence-corrected chi connectivity index (χ4v) is 0.672. The number of nitrogens with one attached hydrogen (secondary N) is 1. The van der Waals surface area contributed by atoms with Crippen LogP contribution in [-0.4, -0.2) is 30.2 Å². The van der Waals surface area contributed by atoms with Gasteiger partial charge in [0.2, 0.25) is 0 Å². The van der Waals surface area contributed by atoms with Crippen LogP contribution in [0.15, 0.2) is 0 Å². The molecule has 0 unspecified atom stereocenters. The number of amides is 2. The van der Waals surface area contributed by atoms with Crippen LogP contribution in [0.4, 0.5) is 9.59 Å². The van der Waals surface area contributed by atoms with Gasteiger partial charge in [0.15, 0.2) is 0 Å². The molecule has 0 aromatic carbocycles. The molecule has 0 aromatic rings. The molecule has 0 spiro atoms. The summed E-state index contributed by atoms with van der Waals surface area (Å²) in [6.07, 6.45) is -0.611. The van der Waals surface area contributed by atoms with Crippen molar-refractivity contribution in [1.29, 1.82) is 0 Å². The van der Waals surface area contributed by atoms with E-state index in [4.69, 9.17) is 0 Å². The molecule has 0 aliphatic carbocycles. The molecular formula is C5H9N3O3. The number of hydrazine groups is 1.